The van der Waals surface area contributed by atoms with E-state index in [0.717, 1.165) is 58.8 Å². The summed E-state index contributed by atoms with van der Waals surface area (Å²) in [4.78, 5) is 30.2. The fourth-order valence-electron chi connectivity index (χ4n) is 4.51. The highest BCUT2D eigenvalue weighted by Crippen LogP contribution is 2.39. The number of aromatic nitrogens is 4. The molecule has 194 valence electrons. The second-order valence-electron chi connectivity index (χ2n) is 9.17. The van der Waals surface area contributed by atoms with Gasteiger partial charge in [0.15, 0.2) is 0 Å². The molecule has 6 rings (SSSR count). The number of pyridine rings is 2. The standard InChI is InChI=1S/C26H22F3N7O2/c1-14-2-3-17(33-24(37)21-9-16(4-5-30-21)26(27,28)29)10-19(14)20-8-15-11-32-25(34-18-12-38-13-18)35-22(15)36-7-6-31-23(20)36/h2-5,8-11,18,31H,6-7,12-13H2,1H3,(H,33,37). The zero-order valence-corrected chi connectivity index (χ0v) is 20.2. The highest BCUT2D eigenvalue weighted by Gasteiger charge is 2.31. The van der Waals surface area contributed by atoms with E-state index in [-0.39, 0.29) is 11.7 Å². The molecule has 0 aliphatic carbocycles. The summed E-state index contributed by atoms with van der Waals surface area (Å²) in [6, 6.07) is 8.97. The normalized spacial score (nSPS) is 15.7. The van der Waals surface area contributed by atoms with Crippen molar-refractivity contribution >= 4 is 17.4 Å². The predicted octanol–water partition coefficient (Wildman–Crippen LogP) is 3.75. The van der Waals surface area contributed by atoms with E-state index in [1.54, 1.807) is 18.3 Å². The van der Waals surface area contributed by atoms with Crippen LogP contribution in [0.5, 0.6) is 0 Å². The number of hydrogen-bond donors (Lipinski definition) is 2. The van der Waals surface area contributed by atoms with E-state index in [4.69, 9.17) is 4.74 Å². The number of hydrogen-bond acceptors (Lipinski definition) is 7. The molecule has 1 fully saturated rings. The second-order valence-corrected chi connectivity index (χ2v) is 9.17. The number of aryl methyl sites for hydroxylation is 1. The van der Waals surface area contributed by atoms with Crippen LogP contribution in [0, 0.1) is 6.92 Å². The molecular formula is C26H22F3N7O2. The molecule has 12 heteroatoms. The van der Waals surface area contributed by atoms with Gasteiger partial charge in [-0.15, -0.1) is 0 Å². The lowest BCUT2D eigenvalue weighted by atomic mass is 9.98. The molecule has 2 aromatic rings. The van der Waals surface area contributed by atoms with Crippen molar-refractivity contribution in [2.45, 2.75) is 25.7 Å². The number of rotatable bonds is 4. The van der Waals surface area contributed by atoms with Crippen LogP contribution in [-0.4, -0.2) is 51.2 Å². The maximum absolute atomic E-state index is 13.1. The van der Waals surface area contributed by atoms with Gasteiger partial charge in [-0.3, -0.25) is 9.78 Å². The smallest absolute Gasteiger partial charge is 0.377 e. The third-order valence-electron chi connectivity index (χ3n) is 6.52. The minimum atomic E-state index is -4.57. The quantitative estimate of drug-likeness (QED) is 0.424. The van der Waals surface area contributed by atoms with Crippen LogP contribution < -0.4 is 16.3 Å². The Morgan fingerprint density at radius 1 is 1.16 bits per heavy atom. The summed E-state index contributed by atoms with van der Waals surface area (Å²) in [7, 11) is 0. The lowest BCUT2D eigenvalue weighted by Gasteiger charge is -2.21. The van der Waals surface area contributed by atoms with Gasteiger partial charge in [-0.05, 0) is 48.4 Å². The van der Waals surface area contributed by atoms with Crippen LogP contribution in [0.2, 0.25) is 0 Å². The number of halogens is 3. The Kier molecular flexibility index (Phi) is 5.83. The molecule has 0 saturated carbocycles. The Morgan fingerprint density at radius 2 is 2.00 bits per heavy atom. The van der Waals surface area contributed by atoms with Gasteiger partial charge >= 0.3 is 6.18 Å². The molecule has 0 spiro atoms. The van der Waals surface area contributed by atoms with Gasteiger partial charge in [0, 0.05) is 42.3 Å². The number of carbonyl (C=O) groups is 1. The Bertz CT molecular complexity index is 1590. The molecule has 9 nitrogen and oxygen atoms in total. The van der Waals surface area contributed by atoms with Crippen molar-refractivity contribution in [2.24, 2.45) is 4.99 Å². The highest BCUT2D eigenvalue weighted by molar-refractivity contribution is 6.03. The van der Waals surface area contributed by atoms with Crippen molar-refractivity contribution in [2.75, 3.05) is 30.4 Å². The van der Waals surface area contributed by atoms with Crippen molar-refractivity contribution in [3.05, 3.63) is 71.2 Å². The molecule has 5 heterocycles. The Balaban J connectivity index is 1.36. The minimum Gasteiger partial charge on any atom is -0.377 e. The van der Waals surface area contributed by atoms with E-state index < -0.39 is 17.6 Å². The molecule has 38 heavy (non-hydrogen) atoms. The number of carbonyl (C=O) groups excluding carboxylic acids is 1. The lowest BCUT2D eigenvalue weighted by Crippen LogP contribution is -2.34. The molecule has 0 unspecified atom stereocenters. The molecule has 1 aromatic carbocycles. The molecule has 0 bridgehead atoms. The lowest BCUT2D eigenvalue weighted by molar-refractivity contribution is -0.137. The summed E-state index contributed by atoms with van der Waals surface area (Å²) in [6.45, 7) is 4.52. The van der Waals surface area contributed by atoms with Crippen molar-refractivity contribution < 1.29 is 22.7 Å². The topological polar surface area (TPSA) is 106 Å². The zero-order chi connectivity index (χ0) is 26.4. The highest BCUT2D eigenvalue weighted by atomic mass is 19.4. The fourth-order valence-corrected chi connectivity index (χ4v) is 4.51. The van der Waals surface area contributed by atoms with Crippen LogP contribution >= 0.6 is 0 Å². The summed E-state index contributed by atoms with van der Waals surface area (Å²) in [5.74, 6) is 0.907. The largest absolute Gasteiger partial charge is 0.416 e. The number of nitrogens with zero attached hydrogens (tertiary/aromatic N) is 5. The molecular weight excluding hydrogens is 499 g/mol. The minimum absolute atomic E-state index is 0.0784. The first-order valence-electron chi connectivity index (χ1n) is 12.0. The van der Waals surface area contributed by atoms with E-state index in [9.17, 15) is 18.0 Å². The molecule has 4 aliphatic heterocycles. The third kappa shape index (κ3) is 4.47. The number of nitrogens with one attached hydrogen (secondary N) is 2. The molecule has 1 amide bonds. The number of alkyl halides is 3. The van der Waals surface area contributed by atoms with Gasteiger partial charge in [-0.1, -0.05) is 6.07 Å². The maximum Gasteiger partial charge on any atom is 0.416 e. The van der Waals surface area contributed by atoms with Gasteiger partial charge in [-0.25, -0.2) is 9.98 Å². The zero-order valence-electron chi connectivity index (χ0n) is 20.2. The van der Waals surface area contributed by atoms with E-state index in [1.807, 2.05) is 19.1 Å². The fraction of sp³-hybridized carbons (Fsp3) is 0.269. The molecule has 4 aliphatic rings. The van der Waals surface area contributed by atoms with Crippen molar-refractivity contribution in [1.82, 2.24) is 19.5 Å². The van der Waals surface area contributed by atoms with E-state index in [2.05, 4.69) is 35.1 Å². The Labute approximate surface area is 214 Å². The predicted molar refractivity (Wildman–Crippen MR) is 133 cm³/mol. The van der Waals surface area contributed by atoms with E-state index >= 15 is 0 Å². The first-order valence-corrected chi connectivity index (χ1v) is 12.0. The second kappa shape index (κ2) is 9.21. The molecule has 2 N–H and O–H groups in total. The van der Waals surface area contributed by atoms with Crippen LogP contribution in [0.4, 0.5) is 24.7 Å². The molecule has 0 atom stereocenters. The third-order valence-corrected chi connectivity index (χ3v) is 6.52. The van der Waals surface area contributed by atoms with Crippen LogP contribution in [0.25, 0.3) is 22.5 Å². The monoisotopic (exact) mass is 521 g/mol. The molecule has 1 saturated heterocycles. The molecule has 0 radical (unpaired) electrons. The average molecular weight is 522 g/mol. The summed E-state index contributed by atoms with van der Waals surface area (Å²) in [6.07, 6.45) is -1.85. The van der Waals surface area contributed by atoms with Crippen LogP contribution in [0.15, 0.2) is 53.8 Å². The van der Waals surface area contributed by atoms with Gasteiger partial charge in [0.05, 0.1) is 18.8 Å². The van der Waals surface area contributed by atoms with Gasteiger partial charge in [0.1, 0.15) is 23.4 Å². The summed E-state index contributed by atoms with van der Waals surface area (Å²) < 4.78 is 46.5. The summed E-state index contributed by atoms with van der Waals surface area (Å²) >= 11 is 0. The first kappa shape index (κ1) is 24.0. The van der Waals surface area contributed by atoms with Crippen molar-refractivity contribution in [3.8, 4) is 22.5 Å². The number of anilines is 2. The van der Waals surface area contributed by atoms with Crippen LogP contribution in [0.1, 0.15) is 21.6 Å². The summed E-state index contributed by atoms with van der Waals surface area (Å²) in [5.41, 5.74) is 3.12. The summed E-state index contributed by atoms with van der Waals surface area (Å²) in [5, 5.41) is 6.10. The van der Waals surface area contributed by atoms with E-state index in [0.29, 0.717) is 31.1 Å². The number of ether oxygens (including phenoxy) is 1. The van der Waals surface area contributed by atoms with Crippen LogP contribution in [0.3, 0.4) is 0 Å². The van der Waals surface area contributed by atoms with Gasteiger partial charge in [0.25, 0.3) is 5.91 Å². The average Bonchev–Trinajstić information content (AvgIpc) is 3.37. The maximum atomic E-state index is 13.1. The number of amides is 1. The first-order chi connectivity index (χ1) is 18.3. The van der Waals surface area contributed by atoms with E-state index in [1.165, 1.54) is 0 Å². The van der Waals surface area contributed by atoms with Crippen molar-refractivity contribution in [1.29, 1.82) is 0 Å². The Hall–Kier alpha value is -4.32. The van der Waals surface area contributed by atoms with Crippen LogP contribution in [-0.2, 0) is 17.5 Å². The van der Waals surface area contributed by atoms with Gasteiger partial charge < -0.3 is 19.9 Å². The van der Waals surface area contributed by atoms with Crippen molar-refractivity contribution in [3.63, 3.8) is 0 Å². The number of benzene rings is 1. The Morgan fingerprint density at radius 3 is 2.76 bits per heavy atom. The SMILES string of the molecule is Cc1ccc(NC(=O)c2cc(C(F)(F)F)ccn2)cc1-c1cc2cnc(=NC3COC3)nc-2n2c1NCC2. The van der Waals surface area contributed by atoms with Gasteiger partial charge in [0.2, 0.25) is 5.62 Å². The number of fused-ring (bicyclic) bond motifs is 3. The molecule has 1 aromatic heterocycles. The van der Waals surface area contributed by atoms with Gasteiger partial charge in [-0.2, -0.15) is 18.2 Å².